The van der Waals surface area contributed by atoms with Crippen LogP contribution in [-0.2, 0) is 11.3 Å². The summed E-state index contributed by atoms with van der Waals surface area (Å²) in [6.07, 6.45) is 0.937. The summed E-state index contributed by atoms with van der Waals surface area (Å²) in [6, 6.07) is 0. The summed E-state index contributed by atoms with van der Waals surface area (Å²) in [4.78, 5) is 24.7. The Morgan fingerprint density at radius 2 is 2.19 bits per heavy atom. The molecule has 0 saturated carbocycles. The van der Waals surface area contributed by atoms with Gasteiger partial charge in [-0.1, -0.05) is 6.92 Å². The number of nitrogen functional groups attached to an aromatic ring is 1. The molecule has 7 heteroatoms. The van der Waals surface area contributed by atoms with Gasteiger partial charge in [-0.15, -0.1) is 0 Å². The van der Waals surface area contributed by atoms with Gasteiger partial charge in [0.1, 0.15) is 12.4 Å². The average molecular weight is 223 g/mol. The Kier molecular flexibility index (Phi) is 2.86. The van der Waals surface area contributed by atoms with Gasteiger partial charge in [0, 0.05) is 6.61 Å². The molecule has 0 unspecified atom stereocenters. The Morgan fingerprint density at radius 3 is 2.94 bits per heavy atom. The number of hydrogen-bond acceptors (Lipinski definition) is 5. The summed E-state index contributed by atoms with van der Waals surface area (Å²) in [5.74, 6) is 0.636. The number of aromatic nitrogens is 4. The molecule has 16 heavy (non-hydrogen) atoms. The van der Waals surface area contributed by atoms with Gasteiger partial charge in [-0.2, -0.15) is 4.98 Å². The van der Waals surface area contributed by atoms with E-state index in [-0.39, 0.29) is 11.5 Å². The molecule has 7 nitrogen and oxygen atoms in total. The number of hydrogen-bond donors (Lipinski definition) is 3. The van der Waals surface area contributed by atoms with Crippen LogP contribution in [0.1, 0.15) is 19.2 Å². The molecule has 4 N–H and O–H groups in total. The highest BCUT2D eigenvalue weighted by Gasteiger charge is 2.08. The fourth-order valence-electron chi connectivity index (χ4n) is 1.35. The molecule has 0 aliphatic carbocycles. The van der Waals surface area contributed by atoms with Crippen molar-refractivity contribution in [1.29, 1.82) is 0 Å². The lowest BCUT2D eigenvalue weighted by molar-refractivity contribution is 0.117. The van der Waals surface area contributed by atoms with E-state index in [0.29, 0.717) is 30.2 Å². The zero-order valence-electron chi connectivity index (χ0n) is 8.91. The molecule has 2 aromatic rings. The number of rotatable bonds is 4. The largest absolute Gasteiger partial charge is 0.374 e. The predicted molar refractivity (Wildman–Crippen MR) is 58.9 cm³/mol. The first-order chi connectivity index (χ1) is 7.70. The first-order valence-corrected chi connectivity index (χ1v) is 5.03. The number of fused-ring (bicyclic) bond motifs is 1. The molecule has 2 heterocycles. The molecule has 0 spiro atoms. The van der Waals surface area contributed by atoms with Crippen LogP contribution in [0.4, 0.5) is 5.95 Å². The Labute approximate surface area is 91.1 Å². The maximum atomic E-state index is 11.5. The molecule has 0 saturated heterocycles. The minimum Gasteiger partial charge on any atom is -0.374 e. The smallest absolute Gasteiger partial charge is 0.278 e. The predicted octanol–water partition coefficient (Wildman–Crippen LogP) is 0.155. The number of nitrogens with one attached hydrogen (secondary N) is 2. The van der Waals surface area contributed by atoms with E-state index in [1.807, 2.05) is 6.92 Å². The van der Waals surface area contributed by atoms with Crippen molar-refractivity contribution in [2.75, 3.05) is 12.3 Å². The molecule has 2 rings (SSSR count). The topological polar surface area (TPSA) is 110 Å². The van der Waals surface area contributed by atoms with Crippen LogP contribution in [0, 0.1) is 0 Å². The zero-order chi connectivity index (χ0) is 11.5. The van der Waals surface area contributed by atoms with Crippen LogP contribution < -0.4 is 11.3 Å². The van der Waals surface area contributed by atoms with Crippen LogP contribution in [0.25, 0.3) is 11.2 Å². The van der Waals surface area contributed by atoms with Crippen molar-refractivity contribution in [3.05, 3.63) is 16.2 Å². The highest BCUT2D eigenvalue weighted by molar-refractivity contribution is 5.70. The van der Waals surface area contributed by atoms with Gasteiger partial charge in [-0.05, 0) is 6.42 Å². The normalized spacial score (nSPS) is 11.1. The lowest BCUT2D eigenvalue weighted by Gasteiger charge is -1.96. The van der Waals surface area contributed by atoms with Gasteiger partial charge in [0.25, 0.3) is 5.56 Å². The monoisotopic (exact) mass is 223 g/mol. The van der Waals surface area contributed by atoms with Gasteiger partial charge in [-0.3, -0.25) is 9.78 Å². The SMILES string of the molecule is CCCOCc1nc2nc(N)[nH]c(=O)c2[nH]1. The number of ether oxygens (including phenoxy) is 1. The van der Waals surface area contributed by atoms with E-state index in [9.17, 15) is 4.79 Å². The van der Waals surface area contributed by atoms with Gasteiger partial charge in [0.05, 0.1) is 0 Å². The molecule has 2 aromatic heterocycles. The maximum Gasteiger partial charge on any atom is 0.278 e. The van der Waals surface area contributed by atoms with Gasteiger partial charge in [0.2, 0.25) is 5.95 Å². The van der Waals surface area contributed by atoms with Gasteiger partial charge < -0.3 is 15.5 Å². The second-order valence-electron chi connectivity index (χ2n) is 3.39. The molecular formula is C9H13N5O2. The van der Waals surface area contributed by atoms with Crippen molar-refractivity contribution in [3.63, 3.8) is 0 Å². The van der Waals surface area contributed by atoms with Gasteiger partial charge in [-0.25, -0.2) is 4.98 Å². The number of H-pyrrole nitrogens is 2. The fraction of sp³-hybridized carbons (Fsp3) is 0.444. The Balaban J connectivity index is 2.29. The minimum absolute atomic E-state index is 0.0602. The standard InChI is InChI=1S/C9H13N5O2/c1-2-3-16-4-5-11-6-7(12-5)13-9(10)14-8(6)15/h2-4H2,1H3,(H4,10,11,12,13,14,15). The molecule has 0 fully saturated rings. The van der Waals surface area contributed by atoms with Crippen molar-refractivity contribution in [2.24, 2.45) is 0 Å². The average Bonchev–Trinajstić information content (AvgIpc) is 2.61. The minimum atomic E-state index is -0.322. The molecule has 0 radical (unpaired) electrons. The molecule has 0 aromatic carbocycles. The first kappa shape index (κ1) is 10.6. The highest BCUT2D eigenvalue weighted by Crippen LogP contribution is 2.05. The van der Waals surface area contributed by atoms with E-state index in [1.54, 1.807) is 0 Å². The summed E-state index contributed by atoms with van der Waals surface area (Å²) in [6.45, 7) is 3.01. The van der Waals surface area contributed by atoms with Crippen LogP contribution in [0.2, 0.25) is 0 Å². The van der Waals surface area contributed by atoms with Gasteiger partial charge in [0.15, 0.2) is 11.2 Å². The van der Waals surface area contributed by atoms with Crippen LogP contribution in [-0.4, -0.2) is 26.5 Å². The molecule has 0 aliphatic heterocycles. The second-order valence-corrected chi connectivity index (χ2v) is 3.39. The number of anilines is 1. The van der Waals surface area contributed by atoms with Crippen LogP contribution >= 0.6 is 0 Å². The van der Waals surface area contributed by atoms with E-state index in [4.69, 9.17) is 10.5 Å². The molecule has 86 valence electrons. The number of imidazole rings is 1. The Morgan fingerprint density at radius 1 is 1.38 bits per heavy atom. The van der Waals surface area contributed by atoms with E-state index in [1.165, 1.54) is 0 Å². The molecule has 0 aliphatic rings. The number of nitrogens with two attached hydrogens (primary N) is 1. The van der Waals surface area contributed by atoms with Crippen LogP contribution in [0.3, 0.4) is 0 Å². The van der Waals surface area contributed by atoms with E-state index >= 15 is 0 Å². The molecule has 0 bridgehead atoms. The van der Waals surface area contributed by atoms with Crippen molar-refractivity contribution >= 4 is 17.1 Å². The molecule has 0 amide bonds. The quantitative estimate of drug-likeness (QED) is 0.639. The van der Waals surface area contributed by atoms with E-state index in [0.717, 1.165) is 6.42 Å². The maximum absolute atomic E-state index is 11.5. The van der Waals surface area contributed by atoms with Crippen LogP contribution in [0.15, 0.2) is 4.79 Å². The third-order valence-corrected chi connectivity index (χ3v) is 2.02. The van der Waals surface area contributed by atoms with Crippen molar-refractivity contribution in [3.8, 4) is 0 Å². The molecular weight excluding hydrogens is 210 g/mol. The third kappa shape index (κ3) is 2.03. The summed E-state index contributed by atoms with van der Waals surface area (Å²) in [5.41, 5.74) is 5.72. The van der Waals surface area contributed by atoms with E-state index in [2.05, 4.69) is 19.9 Å². The highest BCUT2D eigenvalue weighted by atomic mass is 16.5. The van der Waals surface area contributed by atoms with Crippen molar-refractivity contribution < 1.29 is 4.74 Å². The number of nitrogens with zero attached hydrogens (tertiary/aromatic N) is 2. The lowest BCUT2D eigenvalue weighted by Crippen LogP contribution is -2.10. The summed E-state index contributed by atoms with van der Waals surface area (Å²) in [7, 11) is 0. The van der Waals surface area contributed by atoms with Crippen LogP contribution in [0.5, 0.6) is 0 Å². The third-order valence-electron chi connectivity index (χ3n) is 2.02. The second kappa shape index (κ2) is 4.31. The number of aromatic amines is 2. The fourth-order valence-corrected chi connectivity index (χ4v) is 1.35. The summed E-state index contributed by atoms with van der Waals surface area (Å²) >= 11 is 0. The Hall–Kier alpha value is -1.89. The van der Waals surface area contributed by atoms with Crippen molar-refractivity contribution in [1.82, 2.24) is 19.9 Å². The summed E-state index contributed by atoms with van der Waals surface area (Å²) < 4.78 is 5.30. The summed E-state index contributed by atoms with van der Waals surface area (Å²) in [5, 5.41) is 0. The zero-order valence-corrected chi connectivity index (χ0v) is 8.91. The Bertz CT molecular complexity index is 544. The van der Waals surface area contributed by atoms with E-state index < -0.39 is 0 Å². The lowest BCUT2D eigenvalue weighted by atomic mass is 10.5. The molecule has 0 atom stereocenters. The van der Waals surface area contributed by atoms with Crippen molar-refractivity contribution in [2.45, 2.75) is 20.0 Å². The van der Waals surface area contributed by atoms with Gasteiger partial charge >= 0.3 is 0 Å². The first-order valence-electron chi connectivity index (χ1n) is 5.03.